The van der Waals surface area contributed by atoms with Crippen molar-refractivity contribution in [2.45, 2.75) is 26.8 Å². The monoisotopic (exact) mass is 426 g/mol. The Labute approximate surface area is 178 Å². The standard InChI is InChI=1S/C21H22N4O6/c1-13-10-16(4-6-18(13)24(28)29)20(26)22-8-9-23(15(3)12-22)21(27)17-5-7-19(25(30)31)14(2)11-17/h4-7,10-11,15H,8-9,12H2,1-3H3. The highest BCUT2D eigenvalue weighted by Gasteiger charge is 2.31. The highest BCUT2D eigenvalue weighted by Crippen LogP contribution is 2.23. The molecule has 2 amide bonds. The molecule has 162 valence electrons. The van der Waals surface area contributed by atoms with Gasteiger partial charge in [0.05, 0.1) is 9.85 Å². The molecule has 3 rings (SSSR count). The Morgan fingerprint density at radius 2 is 1.35 bits per heavy atom. The van der Waals surface area contributed by atoms with Crippen LogP contribution in [0.15, 0.2) is 36.4 Å². The summed E-state index contributed by atoms with van der Waals surface area (Å²) in [4.78, 5) is 50.0. The average Bonchev–Trinajstić information content (AvgIpc) is 2.71. The number of nitrogens with zero attached hydrogens (tertiary/aromatic N) is 4. The molecule has 0 spiro atoms. The fourth-order valence-corrected chi connectivity index (χ4v) is 3.78. The van der Waals surface area contributed by atoms with E-state index in [4.69, 9.17) is 0 Å². The number of nitro benzene ring substituents is 2. The Morgan fingerprint density at radius 3 is 1.77 bits per heavy atom. The summed E-state index contributed by atoms with van der Waals surface area (Å²) < 4.78 is 0. The molecule has 1 aliphatic rings. The van der Waals surface area contributed by atoms with Gasteiger partial charge in [0.25, 0.3) is 23.2 Å². The highest BCUT2D eigenvalue weighted by molar-refractivity contribution is 5.96. The molecule has 0 saturated carbocycles. The molecule has 2 aromatic rings. The third-order valence-electron chi connectivity index (χ3n) is 5.46. The zero-order valence-corrected chi connectivity index (χ0v) is 17.4. The SMILES string of the molecule is Cc1cc(C(=O)N2CCN(C(=O)c3ccc([N+](=O)[O-])c(C)c3)C(C)C2)ccc1[N+](=O)[O-]. The number of piperazine rings is 1. The number of hydrogen-bond donors (Lipinski definition) is 0. The summed E-state index contributed by atoms with van der Waals surface area (Å²) in [7, 11) is 0. The molecule has 1 atom stereocenters. The predicted octanol–water partition coefficient (Wildman–Crippen LogP) is 3.11. The second-order valence-electron chi connectivity index (χ2n) is 7.62. The lowest BCUT2D eigenvalue weighted by atomic mass is 10.1. The summed E-state index contributed by atoms with van der Waals surface area (Å²) in [6.07, 6.45) is 0. The second-order valence-corrected chi connectivity index (χ2v) is 7.62. The molecule has 0 aromatic heterocycles. The minimum absolute atomic E-state index is 0.0428. The van der Waals surface area contributed by atoms with Crippen LogP contribution in [-0.4, -0.2) is 57.1 Å². The van der Waals surface area contributed by atoms with E-state index in [2.05, 4.69) is 0 Å². The van der Waals surface area contributed by atoms with Crippen LogP contribution in [0.25, 0.3) is 0 Å². The first kappa shape index (κ1) is 21.9. The maximum atomic E-state index is 12.9. The summed E-state index contributed by atoms with van der Waals surface area (Å²) in [6.45, 7) is 5.94. The summed E-state index contributed by atoms with van der Waals surface area (Å²) >= 11 is 0. The number of aryl methyl sites for hydroxylation is 2. The van der Waals surface area contributed by atoms with Crippen LogP contribution in [0.3, 0.4) is 0 Å². The molecule has 1 saturated heterocycles. The van der Waals surface area contributed by atoms with Crippen LogP contribution < -0.4 is 0 Å². The molecule has 10 nitrogen and oxygen atoms in total. The number of hydrogen-bond acceptors (Lipinski definition) is 6. The predicted molar refractivity (Wildman–Crippen MR) is 112 cm³/mol. The number of amides is 2. The van der Waals surface area contributed by atoms with Crippen LogP contribution >= 0.6 is 0 Å². The van der Waals surface area contributed by atoms with E-state index in [0.717, 1.165) is 0 Å². The molecule has 1 aliphatic heterocycles. The zero-order valence-electron chi connectivity index (χ0n) is 17.4. The lowest BCUT2D eigenvalue weighted by Crippen LogP contribution is -2.55. The van der Waals surface area contributed by atoms with Gasteiger partial charge >= 0.3 is 0 Å². The summed E-state index contributed by atoms with van der Waals surface area (Å²) in [6, 6.07) is 8.27. The van der Waals surface area contributed by atoms with Crippen molar-refractivity contribution in [1.29, 1.82) is 0 Å². The Morgan fingerprint density at radius 1 is 0.871 bits per heavy atom. The van der Waals surface area contributed by atoms with Gasteiger partial charge < -0.3 is 9.80 Å². The van der Waals surface area contributed by atoms with Gasteiger partial charge in [0.1, 0.15) is 0 Å². The normalized spacial score (nSPS) is 16.2. The summed E-state index contributed by atoms with van der Waals surface area (Å²) in [5, 5.41) is 22.0. The topological polar surface area (TPSA) is 127 Å². The maximum absolute atomic E-state index is 12.9. The van der Waals surface area contributed by atoms with Crippen LogP contribution in [0.1, 0.15) is 38.8 Å². The molecule has 1 heterocycles. The molecule has 0 N–H and O–H groups in total. The third kappa shape index (κ3) is 4.37. The van der Waals surface area contributed by atoms with E-state index in [1.165, 1.54) is 36.4 Å². The number of carbonyl (C=O) groups is 2. The van der Waals surface area contributed by atoms with E-state index in [9.17, 15) is 29.8 Å². The first-order chi connectivity index (χ1) is 14.6. The summed E-state index contributed by atoms with van der Waals surface area (Å²) in [5.74, 6) is -0.494. The van der Waals surface area contributed by atoms with Crippen molar-refractivity contribution in [2.24, 2.45) is 0 Å². The molecule has 0 aliphatic carbocycles. The van der Waals surface area contributed by atoms with E-state index in [1.807, 2.05) is 6.92 Å². The van der Waals surface area contributed by atoms with E-state index in [0.29, 0.717) is 41.9 Å². The Kier molecular flexibility index (Phi) is 6.00. The maximum Gasteiger partial charge on any atom is 0.272 e. The van der Waals surface area contributed by atoms with Gasteiger partial charge in [0.2, 0.25) is 0 Å². The Hall–Kier alpha value is -3.82. The van der Waals surface area contributed by atoms with Crippen LogP contribution in [0.4, 0.5) is 11.4 Å². The van der Waals surface area contributed by atoms with Crippen molar-refractivity contribution in [3.63, 3.8) is 0 Å². The first-order valence-electron chi connectivity index (χ1n) is 9.70. The Balaban J connectivity index is 1.72. The van der Waals surface area contributed by atoms with Crippen molar-refractivity contribution in [1.82, 2.24) is 9.80 Å². The van der Waals surface area contributed by atoms with Gasteiger partial charge in [-0.25, -0.2) is 0 Å². The number of nitro groups is 2. The average molecular weight is 426 g/mol. The van der Waals surface area contributed by atoms with E-state index in [-0.39, 0.29) is 29.2 Å². The van der Waals surface area contributed by atoms with Crippen LogP contribution in [-0.2, 0) is 0 Å². The molecular formula is C21H22N4O6. The van der Waals surface area contributed by atoms with Gasteiger partial charge in [0, 0.05) is 60.1 Å². The lowest BCUT2D eigenvalue weighted by molar-refractivity contribution is -0.385. The van der Waals surface area contributed by atoms with Gasteiger partial charge in [-0.2, -0.15) is 0 Å². The lowest BCUT2D eigenvalue weighted by Gasteiger charge is -2.40. The molecule has 31 heavy (non-hydrogen) atoms. The Bertz CT molecular complexity index is 1080. The third-order valence-corrected chi connectivity index (χ3v) is 5.46. The molecule has 1 fully saturated rings. The fourth-order valence-electron chi connectivity index (χ4n) is 3.78. The molecule has 1 unspecified atom stereocenters. The molecule has 10 heteroatoms. The molecule has 0 radical (unpaired) electrons. The second kappa shape index (κ2) is 8.50. The van der Waals surface area contributed by atoms with Crippen molar-refractivity contribution in [3.8, 4) is 0 Å². The smallest absolute Gasteiger partial charge is 0.272 e. The van der Waals surface area contributed by atoms with Crippen LogP contribution in [0.2, 0.25) is 0 Å². The highest BCUT2D eigenvalue weighted by atomic mass is 16.6. The van der Waals surface area contributed by atoms with Crippen LogP contribution in [0, 0.1) is 34.1 Å². The van der Waals surface area contributed by atoms with Crippen molar-refractivity contribution < 1.29 is 19.4 Å². The van der Waals surface area contributed by atoms with Crippen molar-refractivity contribution >= 4 is 23.2 Å². The zero-order chi connectivity index (χ0) is 22.9. The van der Waals surface area contributed by atoms with E-state index < -0.39 is 9.85 Å². The van der Waals surface area contributed by atoms with Gasteiger partial charge in [-0.3, -0.25) is 29.8 Å². The quantitative estimate of drug-likeness (QED) is 0.546. The van der Waals surface area contributed by atoms with Gasteiger partial charge in [0.15, 0.2) is 0 Å². The van der Waals surface area contributed by atoms with Crippen molar-refractivity contribution in [3.05, 3.63) is 78.9 Å². The molecular weight excluding hydrogens is 404 g/mol. The fraction of sp³-hybridized carbons (Fsp3) is 0.333. The minimum atomic E-state index is -0.490. The van der Waals surface area contributed by atoms with Gasteiger partial charge in [-0.05, 0) is 45.0 Å². The van der Waals surface area contributed by atoms with Gasteiger partial charge in [-0.15, -0.1) is 0 Å². The minimum Gasteiger partial charge on any atom is -0.335 e. The first-order valence-corrected chi connectivity index (χ1v) is 9.70. The largest absolute Gasteiger partial charge is 0.335 e. The number of benzene rings is 2. The van der Waals surface area contributed by atoms with Crippen LogP contribution in [0.5, 0.6) is 0 Å². The molecule has 2 aromatic carbocycles. The van der Waals surface area contributed by atoms with E-state index in [1.54, 1.807) is 23.6 Å². The van der Waals surface area contributed by atoms with Gasteiger partial charge in [-0.1, -0.05) is 0 Å². The summed E-state index contributed by atoms with van der Waals surface area (Å²) in [5.41, 5.74) is 1.45. The molecule has 0 bridgehead atoms. The number of rotatable bonds is 4. The van der Waals surface area contributed by atoms with Crippen molar-refractivity contribution in [2.75, 3.05) is 19.6 Å². The number of carbonyl (C=O) groups excluding carboxylic acids is 2. The van der Waals surface area contributed by atoms with E-state index >= 15 is 0 Å².